The molecule has 0 radical (unpaired) electrons. The molecule has 4 heterocycles. The summed E-state index contributed by atoms with van der Waals surface area (Å²) in [5, 5.41) is 7.90. The SMILES string of the molecule is Cc1ncc(-c2ccc3cnc(NC(=O)N4[C@@H]5CC[C@H]4CC(NC(CF)CF)C5)cc3c2)o1. The molecule has 2 N–H and O–H groups in total. The van der Waals surface area contributed by atoms with Gasteiger partial charge in [-0.2, -0.15) is 0 Å². The Labute approximate surface area is 190 Å². The quantitative estimate of drug-likeness (QED) is 0.567. The lowest BCUT2D eigenvalue weighted by molar-refractivity contribution is 0.133. The number of anilines is 1. The van der Waals surface area contributed by atoms with E-state index in [0.29, 0.717) is 30.3 Å². The molecule has 2 amide bonds. The summed E-state index contributed by atoms with van der Waals surface area (Å²) in [4.78, 5) is 23.5. The number of nitrogens with one attached hydrogen (secondary N) is 2. The number of hydrogen-bond donors (Lipinski definition) is 2. The number of carbonyl (C=O) groups excluding carboxylic acids is 1. The number of piperidine rings is 1. The van der Waals surface area contributed by atoms with Gasteiger partial charge in [0.1, 0.15) is 19.2 Å². The van der Waals surface area contributed by atoms with E-state index in [9.17, 15) is 13.6 Å². The molecule has 1 aromatic carbocycles. The molecule has 7 nitrogen and oxygen atoms in total. The summed E-state index contributed by atoms with van der Waals surface area (Å²) in [6.45, 7) is 0.352. The largest absolute Gasteiger partial charge is 0.441 e. The van der Waals surface area contributed by atoms with Gasteiger partial charge in [-0.25, -0.2) is 23.5 Å². The Morgan fingerprint density at radius 3 is 2.55 bits per heavy atom. The number of fused-ring (bicyclic) bond motifs is 3. The first-order valence-electron chi connectivity index (χ1n) is 11.3. The molecule has 2 aromatic heterocycles. The maximum absolute atomic E-state index is 13.1. The van der Waals surface area contributed by atoms with Crippen LogP contribution in [0.4, 0.5) is 19.4 Å². The number of aromatic nitrogens is 2. The number of oxazole rings is 1. The van der Waals surface area contributed by atoms with Crippen LogP contribution in [0.1, 0.15) is 31.6 Å². The van der Waals surface area contributed by atoms with Crippen molar-refractivity contribution in [2.45, 2.75) is 56.8 Å². The van der Waals surface area contributed by atoms with E-state index in [1.807, 2.05) is 29.2 Å². The fourth-order valence-corrected chi connectivity index (χ4v) is 5.14. The summed E-state index contributed by atoms with van der Waals surface area (Å²) < 4.78 is 31.4. The van der Waals surface area contributed by atoms with Gasteiger partial charge in [-0.3, -0.25) is 5.32 Å². The molecule has 2 fully saturated rings. The van der Waals surface area contributed by atoms with Gasteiger partial charge in [0, 0.05) is 42.2 Å². The molecule has 2 saturated heterocycles. The predicted octanol–water partition coefficient (Wildman–Crippen LogP) is 4.62. The Kier molecular flexibility index (Phi) is 5.97. The van der Waals surface area contributed by atoms with Crippen LogP contribution in [0.15, 0.2) is 41.1 Å². The number of hydrogen-bond acceptors (Lipinski definition) is 5. The van der Waals surface area contributed by atoms with E-state index in [2.05, 4.69) is 20.6 Å². The summed E-state index contributed by atoms with van der Waals surface area (Å²) in [5.74, 6) is 1.77. The summed E-state index contributed by atoms with van der Waals surface area (Å²) >= 11 is 0. The Balaban J connectivity index is 1.29. The third-order valence-corrected chi connectivity index (χ3v) is 6.67. The van der Waals surface area contributed by atoms with Crippen LogP contribution in [0.25, 0.3) is 22.1 Å². The highest BCUT2D eigenvalue weighted by atomic mass is 19.1. The second-order valence-electron chi connectivity index (χ2n) is 8.94. The highest BCUT2D eigenvalue weighted by Crippen LogP contribution is 2.36. The molecule has 0 spiro atoms. The van der Waals surface area contributed by atoms with Crippen LogP contribution >= 0.6 is 0 Å². The summed E-state index contributed by atoms with van der Waals surface area (Å²) in [6, 6.07) is 6.95. The Hall–Kier alpha value is -3.07. The lowest BCUT2D eigenvalue weighted by atomic mass is 9.97. The molecular formula is C24H27F2N5O2. The molecule has 9 heteroatoms. The minimum atomic E-state index is -0.762. The molecule has 0 aliphatic carbocycles. The van der Waals surface area contributed by atoms with Gasteiger partial charge >= 0.3 is 6.03 Å². The van der Waals surface area contributed by atoms with Crippen molar-refractivity contribution >= 4 is 22.6 Å². The van der Waals surface area contributed by atoms with Crippen molar-refractivity contribution in [2.24, 2.45) is 0 Å². The van der Waals surface area contributed by atoms with Crippen LogP contribution in [0, 0.1) is 6.92 Å². The fourth-order valence-electron chi connectivity index (χ4n) is 5.14. The van der Waals surface area contributed by atoms with Crippen molar-refractivity contribution in [3.63, 3.8) is 0 Å². The molecule has 5 rings (SSSR count). The monoisotopic (exact) mass is 455 g/mol. The normalized spacial score (nSPS) is 22.3. The number of aryl methyl sites for hydroxylation is 1. The molecule has 2 aliphatic rings. The fraction of sp³-hybridized carbons (Fsp3) is 0.458. The van der Waals surface area contributed by atoms with Gasteiger partial charge in [0.25, 0.3) is 0 Å². The number of amides is 2. The average molecular weight is 456 g/mol. The van der Waals surface area contributed by atoms with E-state index in [4.69, 9.17) is 4.42 Å². The van der Waals surface area contributed by atoms with Crippen molar-refractivity contribution in [2.75, 3.05) is 18.7 Å². The summed E-state index contributed by atoms with van der Waals surface area (Å²) in [5.41, 5.74) is 0.902. The minimum absolute atomic E-state index is 0.0278. The van der Waals surface area contributed by atoms with Crippen molar-refractivity contribution in [3.05, 3.63) is 42.5 Å². The number of halogens is 2. The highest BCUT2D eigenvalue weighted by Gasteiger charge is 2.43. The van der Waals surface area contributed by atoms with Gasteiger partial charge in [0.2, 0.25) is 0 Å². The second kappa shape index (κ2) is 9.05. The van der Waals surface area contributed by atoms with Crippen LogP contribution in [-0.4, -0.2) is 58.4 Å². The van der Waals surface area contributed by atoms with Gasteiger partial charge in [-0.05, 0) is 43.2 Å². The van der Waals surface area contributed by atoms with Crippen molar-refractivity contribution < 1.29 is 18.0 Å². The molecular weight excluding hydrogens is 428 g/mol. The van der Waals surface area contributed by atoms with Gasteiger partial charge < -0.3 is 14.6 Å². The first-order valence-corrected chi connectivity index (χ1v) is 11.3. The first kappa shape index (κ1) is 21.8. The summed E-state index contributed by atoms with van der Waals surface area (Å²) in [6.07, 6.45) is 6.63. The van der Waals surface area contributed by atoms with E-state index in [1.54, 1.807) is 19.3 Å². The zero-order chi connectivity index (χ0) is 22.9. The number of nitrogens with zero attached hydrogens (tertiary/aromatic N) is 3. The summed E-state index contributed by atoms with van der Waals surface area (Å²) in [7, 11) is 0. The molecule has 0 saturated carbocycles. The standard InChI is InChI=1S/C24H27F2N5O2/c1-14-27-13-22(33-14)15-2-3-16-12-28-23(7-17(16)6-15)30-24(32)31-20-4-5-21(31)9-18(8-20)29-19(10-25)11-26/h2-3,6-7,12-13,18-21,29H,4-5,8-11H2,1H3,(H,28,30,32)/t18?,20-,21+. The van der Waals surface area contributed by atoms with Crippen LogP contribution < -0.4 is 10.6 Å². The van der Waals surface area contributed by atoms with Crippen molar-refractivity contribution in [1.82, 2.24) is 20.2 Å². The lowest BCUT2D eigenvalue weighted by Crippen LogP contribution is -2.54. The highest BCUT2D eigenvalue weighted by molar-refractivity contribution is 5.93. The second-order valence-corrected chi connectivity index (χ2v) is 8.94. The number of alkyl halides is 2. The smallest absolute Gasteiger partial charge is 0.323 e. The van der Waals surface area contributed by atoms with Crippen LogP contribution in [0.5, 0.6) is 0 Å². The van der Waals surface area contributed by atoms with E-state index >= 15 is 0 Å². The van der Waals surface area contributed by atoms with Gasteiger partial charge in [0.05, 0.1) is 12.2 Å². The molecule has 1 unspecified atom stereocenters. The third-order valence-electron chi connectivity index (χ3n) is 6.67. The number of pyridine rings is 1. The van der Waals surface area contributed by atoms with E-state index in [1.165, 1.54) is 0 Å². The third kappa shape index (κ3) is 4.42. The first-order chi connectivity index (χ1) is 16.0. The molecule has 174 valence electrons. The predicted molar refractivity (Wildman–Crippen MR) is 122 cm³/mol. The number of rotatable bonds is 6. The number of carbonyl (C=O) groups is 1. The maximum atomic E-state index is 13.1. The Morgan fingerprint density at radius 2 is 1.88 bits per heavy atom. The van der Waals surface area contributed by atoms with Gasteiger partial charge in [-0.15, -0.1) is 0 Å². The zero-order valence-corrected chi connectivity index (χ0v) is 18.4. The molecule has 2 bridgehead atoms. The van der Waals surface area contributed by atoms with Crippen LogP contribution in [0.3, 0.4) is 0 Å². The van der Waals surface area contributed by atoms with Gasteiger partial charge in [-0.1, -0.05) is 12.1 Å². The Bertz CT molecular complexity index is 1130. The zero-order valence-electron chi connectivity index (χ0n) is 18.4. The topological polar surface area (TPSA) is 83.3 Å². The lowest BCUT2D eigenvalue weighted by Gasteiger charge is -2.39. The average Bonchev–Trinajstić information content (AvgIpc) is 3.37. The van der Waals surface area contributed by atoms with E-state index in [-0.39, 0.29) is 24.2 Å². The molecule has 3 atom stereocenters. The molecule has 3 aromatic rings. The van der Waals surface area contributed by atoms with Crippen LogP contribution in [0.2, 0.25) is 0 Å². The molecule has 33 heavy (non-hydrogen) atoms. The Morgan fingerprint density at radius 1 is 1.12 bits per heavy atom. The maximum Gasteiger partial charge on any atom is 0.323 e. The number of benzene rings is 1. The van der Waals surface area contributed by atoms with Gasteiger partial charge in [0.15, 0.2) is 11.7 Å². The van der Waals surface area contributed by atoms with Crippen molar-refractivity contribution in [1.29, 1.82) is 0 Å². The van der Waals surface area contributed by atoms with Crippen molar-refractivity contribution in [3.8, 4) is 11.3 Å². The van der Waals surface area contributed by atoms with E-state index < -0.39 is 19.4 Å². The number of urea groups is 1. The van der Waals surface area contributed by atoms with Crippen LogP contribution in [-0.2, 0) is 0 Å². The minimum Gasteiger partial charge on any atom is -0.441 e. The molecule has 2 aliphatic heterocycles. The van der Waals surface area contributed by atoms with E-state index in [0.717, 1.165) is 29.2 Å².